The predicted octanol–water partition coefficient (Wildman–Crippen LogP) is 10.6. The van der Waals surface area contributed by atoms with Crippen molar-refractivity contribution in [3.63, 3.8) is 0 Å². The zero-order valence-corrected chi connectivity index (χ0v) is 34.2. The molecule has 0 saturated carbocycles. The third kappa shape index (κ3) is 5.88. The van der Waals surface area contributed by atoms with E-state index in [-0.39, 0.29) is 41.1 Å². The third-order valence-corrected chi connectivity index (χ3v) is 27.5. The van der Waals surface area contributed by atoms with Crippen LogP contribution in [0, 0.1) is 11.3 Å². The average Bonchev–Trinajstić information content (AvgIpc) is 3.57. The van der Waals surface area contributed by atoms with Crippen LogP contribution in [0.15, 0.2) is 112 Å². The van der Waals surface area contributed by atoms with Crippen LogP contribution in [-0.2, 0) is 35.5 Å². The van der Waals surface area contributed by atoms with E-state index in [1.165, 1.54) is 45.5 Å². The Bertz CT molecular complexity index is 1880. The number of halogens is 2. The molecule has 1 atom stereocenters. The maximum absolute atomic E-state index is 5.84. The molecule has 0 aliphatic heterocycles. The molecule has 0 radical (unpaired) electrons. The fourth-order valence-electron chi connectivity index (χ4n) is 8.38. The second-order valence-electron chi connectivity index (χ2n) is 17.0. The first-order valence-corrected chi connectivity index (χ1v) is 23.5. The number of hydrogen-bond donors (Lipinski definition) is 0. The molecule has 0 spiro atoms. The van der Waals surface area contributed by atoms with Crippen LogP contribution < -0.4 is 9.81 Å². The van der Waals surface area contributed by atoms with E-state index < -0.39 is 18.3 Å². The van der Waals surface area contributed by atoms with E-state index in [1.807, 2.05) is 0 Å². The van der Waals surface area contributed by atoms with Gasteiger partial charge >= 0.3 is 276 Å². The molecule has 2 aliphatic rings. The SMILES string of the molecule is Cl.Cl.[CH2]=[Zr]([C]1=CC(C(C)(C)C)=CC1C)([c]1ccccc1)([c]1ccccc1)[c]1c(C(C)(C)C)ccc2c1Cc1cc(C(C)(C)C)ccc1-2. The van der Waals surface area contributed by atoms with Crippen LogP contribution in [0.2, 0.25) is 0 Å². The van der Waals surface area contributed by atoms with Gasteiger partial charge in [-0.2, -0.15) is 0 Å². The van der Waals surface area contributed by atoms with Crippen molar-refractivity contribution in [2.24, 2.45) is 11.3 Å². The molecule has 0 nitrogen and oxygen atoms in total. The van der Waals surface area contributed by atoms with E-state index in [1.54, 1.807) is 6.55 Å². The second-order valence-corrected chi connectivity index (χ2v) is 29.7. The second kappa shape index (κ2) is 12.5. The molecule has 3 heteroatoms. The fourth-order valence-corrected chi connectivity index (χ4v) is 26.1. The van der Waals surface area contributed by atoms with Gasteiger partial charge in [-0.1, -0.05) is 0 Å². The molecule has 2 aliphatic carbocycles. The van der Waals surface area contributed by atoms with Crippen molar-refractivity contribution < 1.29 is 18.3 Å². The van der Waals surface area contributed by atoms with Gasteiger partial charge in [0.25, 0.3) is 0 Å². The molecular weight excluding hydrogens is 691 g/mol. The summed E-state index contributed by atoms with van der Waals surface area (Å²) < 4.78 is 11.8. The monoisotopic (exact) mass is 742 g/mol. The number of fused-ring (bicyclic) bond motifs is 3. The van der Waals surface area contributed by atoms with Crippen LogP contribution in [0.3, 0.4) is 0 Å². The van der Waals surface area contributed by atoms with Crippen LogP contribution in [0.4, 0.5) is 0 Å². The number of benzene rings is 4. The Morgan fingerprint density at radius 2 is 1.17 bits per heavy atom. The Morgan fingerprint density at radius 3 is 1.64 bits per heavy atom. The zero-order chi connectivity index (χ0) is 32.6. The van der Waals surface area contributed by atoms with Crippen LogP contribution in [-0.4, -0.2) is 4.21 Å². The van der Waals surface area contributed by atoms with Gasteiger partial charge in [0.2, 0.25) is 0 Å². The predicted molar refractivity (Wildman–Crippen MR) is 210 cm³/mol. The van der Waals surface area contributed by atoms with E-state index >= 15 is 0 Å². The molecule has 0 fully saturated rings. The van der Waals surface area contributed by atoms with Gasteiger partial charge in [0.05, 0.1) is 0 Å². The summed E-state index contributed by atoms with van der Waals surface area (Å²) in [5.41, 5.74) is 10.2. The minimum atomic E-state index is -4.96. The van der Waals surface area contributed by atoms with Crippen molar-refractivity contribution in [3.05, 3.63) is 134 Å². The van der Waals surface area contributed by atoms with Crippen LogP contribution in [0.5, 0.6) is 0 Å². The van der Waals surface area contributed by atoms with Crippen molar-refractivity contribution in [1.82, 2.24) is 0 Å². The Morgan fingerprint density at radius 1 is 0.638 bits per heavy atom. The van der Waals surface area contributed by atoms with Gasteiger partial charge in [-0.3, -0.25) is 0 Å². The first-order valence-electron chi connectivity index (χ1n) is 16.8. The standard InChI is InChI=1S/C21H25.C10H15.2C6H5.CH2.2ClH.Zr/c1-20(2,3)16-7-9-18-14(12-16)11-15-13-17(21(4,5)6)8-10-19(15)18;1-8-5-6-9(7-8)10(2,3)4;2*1-2-4-6-5-3-1;;;;/h7-10,12H,11H2,1-6H3;6-8H,1-4H3;2*1-5H;1H2;2*1H;. The first kappa shape index (κ1) is 37.5. The van der Waals surface area contributed by atoms with Gasteiger partial charge in [0.15, 0.2) is 0 Å². The van der Waals surface area contributed by atoms with E-state index in [4.69, 9.17) is 4.21 Å². The van der Waals surface area contributed by atoms with E-state index in [9.17, 15) is 0 Å². The van der Waals surface area contributed by atoms with Crippen LogP contribution in [0.1, 0.15) is 91.5 Å². The van der Waals surface area contributed by atoms with Gasteiger partial charge in [-0.25, -0.2) is 0 Å². The zero-order valence-electron chi connectivity index (χ0n) is 30.1. The van der Waals surface area contributed by atoms with Gasteiger partial charge in [-0.15, -0.1) is 24.8 Å². The summed E-state index contributed by atoms with van der Waals surface area (Å²) >= 11 is -4.96. The molecule has 4 aromatic carbocycles. The van der Waals surface area contributed by atoms with E-state index in [0.717, 1.165) is 6.42 Å². The topological polar surface area (TPSA) is 0 Å². The Hall–Kier alpha value is -2.31. The molecule has 4 aromatic rings. The van der Waals surface area contributed by atoms with Gasteiger partial charge in [0.1, 0.15) is 0 Å². The Kier molecular flexibility index (Phi) is 10.0. The molecule has 1 unspecified atom stereocenters. The number of rotatable bonds is 4. The van der Waals surface area contributed by atoms with Crippen molar-refractivity contribution in [3.8, 4) is 11.1 Å². The molecule has 0 amide bonds. The van der Waals surface area contributed by atoms with E-state index in [2.05, 4.69) is 172 Å². The molecule has 6 rings (SSSR count). The van der Waals surface area contributed by atoms with Crippen molar-refractivity contribution in [2.75, 3.05) is 0 Å². The summed E-state index contributed by atoms with van der Waals surface area (Å²) in [7, 11) is 0. The minimum absolute atomic E-state index is 0. The average molecular weight is 745 g/mol. The van der Waals surface area contributed by atoms with Crippen molar-refractivity contribution in [1.29, 1.82) is 0 Å². The molecule has 0 aromatic heterocycles. The molecule has 248 valence electrons. The van der Waals surface area contributed by atoms with E-state index in [0.29, 0.717) is 5.92 Å². The summed E-state index contributed by atoms with van der Waals surface area (Å²) in [5, 5.41) is 0. The number of hydrogen-bond acceptors (Lipinski definition) is 0. The molecule has 0 bridgehead atoms. The van der Waals surface area contributed by atoms with Gasteiger partial charge in [-0.05, 0) is 0 Å². The van der Waals surface area contributed by atoms with Gasteiger partial charge in [0, 0.05) is 0 Å². The van der Waals surface area contributed by atoms with Crippen LogP contribution in [0.25, 0.3) is 11.1 Å². The van der Waals surface area contributed by atoms with Gasteiger partial charge < -0.3 is 0 Å². The quantitative estimate of drug-likeness (QED) is 0.172. The molecule has 0 saturated heterocycles. The molecule has 0 N–H and O–H groups in total. The Labute approximate surface area is 298 Å². The number of allylic oxidation sites excluding steroid dienone is 4. The summed E-state index contributed by atoms with van der Waals surface area (Å²) in [5.74, 6) is 0.294. The summed E-state index contributed by atoms with van der Waals surface area (Å²) in [6, 6.07) is 35.2. The summed E-state index contributed by atoms with van der Waals surface area (Å²) in [6.45, 7) is 23.7. The summed E-state index contributed by atoms with van der Waals surface area (Å²) in [6.07, 6.45) is 6.10. The molecular formula is C44H54Cl2Zr. The van der Waals surface area contributed by atoms with Crippen molar-refractivity contribution >= 4 is 38.8 Å². The van der Waals surface area contributed by atoms with Crippen LogP contribution >= 0.6 is 24.8 Å². The normalized spacial score (nSPS) is 16.4. The molecule has 47 heavy (non-hydrogen) atoms. The van der Waals surface area contributed by atoms with Crippen molar-refractivity contribution in [2.45, 2.75) is 86.5 Å². The third-order valence-electron chi connectivity index (χ3n) is 10.9. The molecule has 0 heterocycles. The fraction of sp³-hybridized carbons (Fsp3) is 0.341. The summed E-state index contributed by atoms with van der Waals surface area (Å²) in [4.78, 5) is 0. The maximum atomic E-state index is 5.84. The first-order chi connectivity index (χ1) is 21.0. The Balaban J connectivity index is 0.00000250.